The van der Waals surface area contributed by atoms with Crippen LogP contribution in [0, 0.1) is 13.8 Å². The number of sulfone groups is 1. The first-order valence-corrected chi connectivity index (χ1v) is 10.2. The molecule has 0 saturated heterocycles. The average Bonchev–Trinajstić information content (AvgIpc) is 2.85. The fourth-order valence-corrected chi connectivity index (χ4v) is 3.32. The highest BCUT2D eigenvalue weighted by molar-refractivity contribution is 7.90. The van der Waals surface area contributed by atoms with Crippen molar-refractivity contribution in [2.75, 3.05) is 30.6 Å². The Balaban J connectivity index is 2.36. The van der Waals surface area contributed by atoms with E-state index in [0.29, 0.717) is 42.7 Å². The zero-order valence-corrected chi connectivity index (χ0v) is 16.0. The minimum Gasteiger partial charge on any atom is -0.374 e. The number of aromatic nitrogens is 3. The monoisotopic (exact) mass is 374 g/mol. The summed E-state index contributed by atoms with van der Waals surface area (Å²) in [5.74, 6) is 0.817. The molecule has 24 heavy (non-hydrogen) atoms. The van der Waals surface area contributed by atoms with Gasteiger partial charge in [0.1, 0.15) is 22.0 Å². The van der Waals surface area contributed by atoms with E-state index in [4.69, 9.17) is 16.3 Å². The average molecular weight is 375 g/mol. The Morgan fingerprint density at radius 3 is 2.62 bits per heavy atom. The van der Waals surface area contributed by atoms with Crippen LogP contribution in [0.3, 0.4) is 0 Å². The highest BCUT2D eigenvalue weighted by atomic mass is 35.5. The lowest BCUT2D eigenvalue weighted by Crippen LogP contribution is -2.21. The second kappa shape index (κ2) is 7.67. The Hall–Kier alpha value is -1.38. The molecule has 0 saturated carbocycles. The van der Waals surface area contributed by atoms with Crippen molar-refractivity contribution in [1.29, 1.82) is 0 Å². The topological polar surface area (TPSA) is 86.1 Å². The predicted octanol–water partition coefficient (Wildman–Crippen LogP) is 2.22. The van der Waals surface area contributed by atoms with Crippen LogP contribution < -0.4 is 5.43 Å². The van der Waals surface area contributed by atoms with E-state index in [1.807, 2.05) is 25.4 Å². The second-order valence-electron chi connectivity index (χ2n) is 5.70. The molecule has 0 aliphatic carbocycles. The largest absolute Gasteiger partial charge is 0.374 e. The van der Waals surface area contributed by atoms with Gasteiger partial charge in [0.2, 0.25) is 0 Å². The van der Waals surface area contributed by atoms with E-state index in [1.165, 1.54) is 6.26 Å². The highest BCUT2D eigenvalue weighted by Gasteiger charge is 2.18. The van der Waals surface area contributed by atoms with E-state index in [1.54, 1.807) is 0 Å². The van der Waals surface area contributed by atoms with Crippen LogP contribution in [0.25, 0.3) is 11.0 Å². The third kappa shape index (κ3) is 4.37. The van der Waals surface area contributed by atoms with Gasteiger partial charge in [-0.05, 0) is 32.8 Å². The van der Waals surface area contributed by atoms with Crippen molar-refractivity contribution in [2.24, 2.45) is 0 Å². The first-order chi connectivity index (χ1) is 11.2. The summed E-state index contributed by atoms with van der Waals surface area (Å²) < 4.78 is 29.8. The van der Waals surface area contributed by atoms with Crippen LogP contribution in [0.15, 0.2) is 0 Å². The number of aryl methyl sites for hydroxylation is 2. The third-order valence-corrected chi connectivity index (χ3v) is 5.00. The molecule has 0 radical (unpaired) electrons. The molecular weight excluding hydrogens is 352 g/mol. The number of halogens is 1. The van der Waals surface area contributed by atoms with Gasteiger partial charge in [-0.25, -0.2) is 23.1 Å². The maximum absolute atomic E-state index is 11.3. The molecule has 7 nitrogen and oxygen atoms in total. The van der Waals surface area contributed by atoms with E-state index in [2.05, 4.69) is 15.4 Å². The fraction of sp³-hybridized carbons (Fsp3) is 0.600. The summed E-state index contributed by atoms with van der Waals surface area (Å²) >= 11 is 6.24. The summed E-state index contributed by atoms with van der Waals surface area (Å²) in [6.07, 6.45) is 1.74. The van der Waals surface area contributed by atoms with Gasteiger partial charge in [-0.2, -0.15) is 0 Å². The molecule has 2 heterocycles. The molecular formula is C15H23ClN4O3S. The third-order valence-electron chi connectivity index (χ3n) is 3.70. The number of nitrogens with one attached hydrogen (secondary N) is 1. The molecule has 1 N–H and O–H groups in total. The zero-order chi connectivity index (χ0) is 17.9. The van der Waals surface area contributed by atoms with Crippen LogP contribution in [0.1, 0.15) is 30.4 Å². The van der Waals surface area contributed by atoms with Crippen LogP contribution in [0.4, 0.5) is 0 Å². The Labute approximate surface area is 147 Å². The number of fused-ring (bicyclic) bond motifs is 1. The van der Waals surface area contributed by atoms with Crippen LogP contribution in [-0.2, 0) is 21.2 Å². The smallest absolute Gasteiger partial charge is 0.157 e. The molecule has 0 spiro atoms. The molecule has 2 aromatic heterocycles. The Bertz CT molecular complexity index is 833. The molecule has 0 aliphatic heterocycles. The van der Waals surface area contributed by atoms with E-state index in [-0.39, 0.29) is 5.75 Å². The summed E-state index contributed by atoms with van der Waals surface area (Å²) in [6.45, 7) is 7.17. The Morgan fingerprint density at radius 2 is 2.00 bits per heavy atom. The number of ether oxygens (including phenoxy) is 1. The van der Waals surface area contributed by atoms with E-state index in [9.17, 15) is 8.42 Å². The molecule has 0 amide bonds. The maximum atomic E-state index is 11.3. The molecule has 0 aromatic carbocycles. The summed E-state index contributed by atoms with van der Waals surface area (Å²) in [4.78, 5) is 8.85. The van der Waals surface area contributed by atoms with Gasteiger partial charge >= 0.3 is 0 Å². The second-order valence-corrected chi connectivity index (χ2v) is 8.32. The van der Waals surface area contributed by atoms with Gasteiger partial charge in [0.05, 0.1) is 11.3 Å². The van der Waals surface area contributed by atoms with Gasteiger partial charge in [0.15, 0.2) is 11.0 Å². The normalized spacial score (nSPS) is 12.0. The summed E-state index contributed by atoms with van der Waals surface area (Å²) in [5.41, 5.74) is 6.50. The van der Waals surface area contributed by atoms with Gasteiger partial charge < -0.3 is 10.2 Å². The molecule has 2 aromatic rings. The van der Waals surface area contributed by atoms with Crippen molar-refractivity contribution in [3.63, 3.8) is 0 Å². The molecule has 0 aliphatic rings. The number of pyridine rings is 1. The number of nitrogens with zero attached hydrogens (tertiary/aromatic N) is 3. The molecule has 0 fully saturated rings. The maximum Gasteiger partial charge on any atom is 0.157 e. The molecule has 134 valence electrons. The first-order valence-electron chi connectivity index (χ1n) is 7.78. The summed E-state index contributed by atoms with van der Waals surface area (Å²) in [7, 11) is -2.97. The number of hydrogen-bond donors (Lipinski definition) is 1. The van der Waals surface area contributed by atoms with Gasteiger partial charge in [-0.15, -0.1) is 0 Å². The van der Waals surface area contributed by atoms with Gasteiger partial charge in [0.25, 0.3) is 0 Å². The van der Waals surface area contributed by atoms with Crippen molar-refractivity contribution in [2.45, 2.75) is 33.8 Å². The number of hydrogen-bond acceptors (Lipinski definition) is 6. The van der Waals surface area contributed by atoms with E-state index >= 15 is 0 Å². The minimum absolute atomic E-state index is 0.133. The van der Waals surface area contributed by atoms with Gasteiger partial charge in [-0.3, -0.25) is 0 Å². The minimum atomic E-state index is -2.97. The lowest BCUT2D eigenvalue weighted by molar-refractivity contribution is 0.127. The lowest BCUT2D eigenvalue weighted by Gasteiger charge is -2.14. The number of imidazole rings is 1. The molecule has 0 atom stereocenters. The molecule has 2 rings (SSSR count). The lowest BCUT2D eigenvalue weighted by atomic mass is 10.2. The predicted molar refractivity (Wildman–Crippen MR) is 95.9 cm³/mol. The quantitative estimate of drug-likeness (QED) is 0.563. The zero-order valence-electron chi connectivity index (χ0n) is 14.4. The Morgan fingerprint density at radius 1 is 1.29 bits per heavy atom. The van der Waals surface area contributed by atoms with Crippen LogP contribution >= 0.6 is 11.6 Å². The van der Waals surface area contributed by atoms with Crippen molar-refractivity contribution < 1.29 is 13.2 Å². The molecule has 9 heteroatoms. The van der Waals surface area contributed by atoms with E-state index in [0.717, 1.165) is 16.8 Å². The van der Waals surface area contributed by atoms with Crippen LogP contribution in [0.2, 0.25) is 5.15 Å². The number of rotatable bonds is 8. The fourth-order valence-electron chi connectivity index (χ4n) is 2.40. The van der Waals surface area contributed by atoms with Gasteiger partial charge in [0, 0.05) is 25.1 Å². The van der Waals surface area contributed by atoms with Crippen molar-refractivity contribution in [1.82, 2.24) is 14.6 Å². The van der Waals surface area contributed by atoms with Crippen LogP contribution in [-0.4, -0.2) is 48.2 Å². The van der Waals surface area contributed by atoms with Crippen molar-refractivity contribution in [3.8, 4) is 0 Å². The summed E-state index contributed by atoms with van der Waals surface area (Å²) in [5, 5.41) is 0.350. The standard InChI is InChI=1S/C15H23ClN4O3S/c1-5-23-9-12-19-13-14(10(2)11(3)18-15(13)16)20(12)17-7-6-8-24(4,21)22/h17H,5-9H2,1-4H3. The van der Waals surface area contributed by atoms with Crippen LogP contribution in [0.5, 0.6) is 0 Å². The van der Waals surface area contributed by atoms with Gasteiger partial charge in [-0.1, -0.05) is 11.6 Å². The summed E-state index contributed by atoms with van der Waals surface area (Å²) in [6, 6.07) is 0. The molecule has 0 unspecified atom stereocenters. The Kier molecular flexibility index (Phi) is 6.06. The van der Waals surface area contributed by atoms with E-state index < -0.39 is 9.84 Å². The molecule has 0 bridgehead atoms. The highest BCUT2D eigenvalue weighted by Crippen LogP contribution is 2.26. The van der Waals surface area contributed by atoms with Crippen molar-refractivity contribution in [3.05, 3.63) is 22.2 Å². The SMILES string of the molecule is CCOCc1nc2c(Cl)nc(C)c(C)c2n1NCCCS(C)(=O)=O. The van der Waals surface area contributed by atoms with Crippen molar-refractivity contribution >= 4 is 32.5 Å². The first kappa shape index (κ1) is 19.0.